The fraction of sp³-hybridized carbons (Fsp3) is 0.526. The number of carbonyl (C=O) groups is 1. The molecule has 0 bridgehead atoms. The van der Waals surface area contributed by atoms with Gasteiger partial charge in [0.2, 0.25) is 0 Å². The van der Waals surface area contributed by atoms with Gasteiger partial charge in [0.1, 0.15) is 17.1 Å². The van der Waals surface area contributed by atoms with Gasteiger partial charge in [0.15, 0.2) is 0 Å². The molecule has 2 N–H and O–H groups in total. The fourth-order valence-electron chi connectivity index (χ4n) is 3.22. The molecule has 3 rings (SSSR count). The summed E-state index contributed by atoms with van der Waals surface area (Å²) < 4.78 is 1.71. The SMILES string of the molecule is CCn1nc(C(C)C)cc1C(=O)NC[C@@]1(O)CCN(c2ccccn2)C1. The first-order chi connectivity index (χ1) is 12.4. The van der Waals surface area contributed by atoms with Gasteiger partial charge in [0, 0.05) is 32.4 Å². The van der Waals surface area contributed by atoms with Crippen molar-refractivity contribution in [1.29, 1.82) is 0 Å². The highest BCUT2D eigenvalue weighted by molar-refractivity contribution is 5.92. The smallest absolute Gasteiger partial charge is 0.269 e. The summed E-state index contributed by atoms with van der Waals surface area (Å²) in [6.07, 6.45) is 2.33. The second-order valence-corrected chi connectivity index (χ2v) is 7.19. The van der Waals surface area contributed by atoms with E-state index in [-0.39, 0.29) is 18.4 Å². The Kier molecular flexibility index (Phi) is 5.27. The third-order valence-electron chi connectivity index (χ3n) is 4.81. The second kappa shape index (κ2) is 7.45. The van der Waals surface area contributed by atoms with Crippen molar-refractivity contribution >= 4 is 11.7 Å². The molecule has 0 saturated carbocycles. The van der Waals surface area contributed by atoms with Crippen LogP contribution in [0.1, 0.15) is 49.3 Å². The van der Waals surface area contributed by atoms with Crippen LogP contribution in [0.3, 0.4) is 0 Å². The lowest BCUT2D eigenvalue weighted by Gasteiger charge is -2.24. The number of carbonyl (C=O) groups excluding carboxylic acids is 1. The average molecular weight is 357 g/mol. The number of pyridine rings is 1. The van der Waals surface area contributed by atoms with E-state index >= 15 is 0 Å². The molecule has 2 aromatic heterocycles. The minimum absolute atomic E-state index is 0.198. The number of aryl methyl sites for hydroxylation is 1. The third-order valence-corrected chi connectivity index (χ3v) is 4.81. The van der Waals surface area contributed by atoms with Crippen LogP contribution in [0.2, 0.25) is 0 Å². The average Bonchev–Trinajstić information content (AvgIpc) is 3.25. The van der Waals surface area contributed by atoms with Crippen molar-refractivity contribution in [3.05, 3.63) is 41.9 Å². The van der Waals surface area contributed by atoms with Crippen molar-refractivity contribution < 1.29 is 9.90 Å². The van der Waals surface area contributed by atoms with Crippen LogP contribution in [0.25, 0.3) is 0 Å². The molecule has 0 spiro atoms. The highest BCUT2D eigenvalue weighted by Gasteiger charge is 2.37. The van der Waals surface area contributed by atoms with Crippen LogP contribution < -0.4 is 10.2 Å². The van der Waals surface area contributed by atoms with Crippen LogP contribution >= 0.6 is 0 Å². The quantitative estimate of drug-likeness (QED) is 0.824. The van der Waals surface area contributed by atoms with Crippen molar-refractivity contribution in [1.82, 2.24) is 20.1 Å². The Balaban J connectivity index is 1.63. The first-order valence-electron chi connectivity index (χ1n) is 9.16. The summed E-state index contributed by atoms with van der Waals surface area (Å²) in [5.41, 5.74) is 0.489. The number of hydrogen-bond donors (Lipinski definition) is 2. The molecule has 3 heterocycles. The normalized spacial score (nSPS) is 20.0. The molecular weight excluding hydrogens is 330 g/mol. The molecule has 0 aromatic carbocycles. The lowest BCUT2D eigenvalue weighted by atomic mass is 10.0. The van der Waals surface area contributed by atoms with Gasteiger partial charge in [0.05, 0.1) is 5.69 Å². The number of aliphatic hydroxyl groups is 1. The lowest BCUT2D eigenvalue weighted by molar-refractivity contribution is 0.0572. The Morgan fingerprint density at radius 1 is 1.42 bits per heavy atom. The predicted molar refractivity (Wildman–Crippen MR) is 100 cm³/mol. The van der Waals surface area contributed by atoms with Crippen molar-refractivity contribution in [2.24, 2.45) is 0 Å². The zero-order valence-electron chi connectivity index (χ0n) is 15.6. The molecule has 1 amide bonds. The van der Waals surface area contributed by atoms with Gasteiger partial charge >= 0.3 is 0 Å². The highest BCUT2D eigenvalue weighted by Crippen LogP contribution is 2.25. The summed E-state index contributed by atoms with van der Waals surface area (Å²) in [7, 11) is 0. The summed E-state index contributed by atoms with van der Waals surface area (Å²) in [6, 6.07) is 7.56. The molecule has 7 nitrogen and oxygen atoms in total. The van der Waals surface area contributed by atoms with E-state index in [4.69, 9.17) is 0 Å². The molecule has 0 aliphatic carbocycles. The second-order valence-electron chi connectivity index (χ2n) is 7.19. The maximum atomic E-state index is 12.6. The van der Waals surface area contributed by atoms with Gasteiger partial charge in [0.25, 0.3) is 5.91 Å². The zero-order valence-corrected chi connectivity index (χ0v) is 15.6. The van der Waals surface area contributed by atoms with Crippen LogP contribution in [-0.4, -0.2) is 51.0 Å². The minimum atomic E-state index is -0.953. The van der Waals surface area contributed by atoms with Crippen molar-refractivity contribution in [3.8, 4) is 0 Å². The van der Waals surface area contributed by atoms with E-state index in [0.717, 1.165) is 11.5 Å². The molecule has 140 valence electrons. The Hall–Kier alpha value is -2.41. The molecule has 7 heteroatoms. The van der Waals surface area contributed by atoms with E-state index in [1.54, 1.807) is 10.9 Å². The van der Waals surface area contributed by atoms with E-state index in [1.807, 2.05) is 36.1 Å². The molecule has 1 aliphatic rings. The Morgan fingerprint density at radius 2 is 2.23 bits per heavy atom. The first kappa shape index (κ1) is 18.4. The van der Waals surface area contributed by atoms with Crippen LogP contribution in [0.4, 0.5) is 5.82 Å². The maximum absolute atomic E-state index is 12.6. The van der Waals surface area contributed by atoms with Crippen LogP contribution in [0.15, 0.2) is 30.5 Å². The van der Waals surface area contributed by atoms with Crippen molar-refractivity contribution in [3.63, 3.8) is 0 Å². The monoisotopic (exact) mass is 357 g/mol. The molecule has 1 fully saturated rings. The molecule has 2 aromatic rings. The molecule has 1 saturated heterocycles. The van der Waals surface area contributed by atoms with Gasteiger partial charge in [-0.2, -0.15) is 5.10 Å². The summed E-state index contributed by atoms with van der Waals surface area (Å²) in [5, 5.41) is 18.2. The summed E-state index contributed by atoms with van der Waals surface area (Å²) in [5.74, 6) is 0.914. The van der Waals surface area contributed by atoms with E-state index in [9.17, 15) is 9.90 Å². The Labute approximate surface area is 154 Å². The van der Waals surface area contributed by atoms with Crippen LogP contribution in [0, 0.1) is 0 Å². The fourth-order valence-corrected chi connectivity index (χ4v) is 3.22. The number of anilines is 1. The number of β-amino-alcohol motifs (C(OH)–C–C–N with tert-alkyl or cyclic N) is 1. The van der Waals surface area contributed by atoms with Gasteiger partial charge in [-0.1, -0.05) is 19.9 Å². The summed E-state index contributed by atoms with van der Waals surface area (Å²) >= 11 is 0. The van der Waals surface area contributed by atoms with Crippen LogP contribution in [-0.2, 0) is 6.54 Å². The van der Waals surface area contributed by atoms with E-state index < -0.39 is 5.60 Å². The van der Waals surface area contributed by atoms with Gasteiger partial charge in [-0.05, 0) is 37.5 Å². The van der Waals surface area contributed by atoms with Gasteiger partial charge in [-0.15, -0.1) is 0 Å². The molecule has 0 radical (unpaired) electrons. The molecule has 1 atom stereocenters. The zero-order chi connectivity index (χ0) is 18.7. The van der Waals surface area contributed by atoms with E-state index in [2.05, 4.69) is 29.2 Å². The van der Waals surface area contributed by atoms with E-state index in [1.165, 1.54) is 0 Å². The van der Waals surface area contributed by atoms with Gasteiger partial charge < -0.3 is 15.3 Å². The minimum Gasteiger partial charge on any atom is -0.386 e. The van der Waals surface area contributed by atoms with Crippen molar-refractivity contribution in [2.75, 3.05) is 24.5 Å². The Morgan fingerprint density at radius 3 is 2.88 bits per heavy atom. The standard InChI is InChI=1S/C19H27N5O2/c1-4-24-16(11-15(22-24)14(2)3)18(25)21-12-19(26)8-10-23(13-19)17-7-5-6-9-20-17/h5-7,9,11,14,26H,4,8,10,12-13H2,1-3H3,(H,21,25)/t19-/m0/s1. The van der Waals surface area contributed by atoms with Crippen LogP contribution in [0.5, 0.6) is 0 Å². The Bertz CT molecular complexity index is 759. The first-order valence-corrected chi connectivity index (χ1v) is 9.16. The highest BCUT2D eigenvalue weighted by atomic mass is 16.3. The number of rotatable bonds is 6. The summed E-state index contributed by atoms with van der Waals surface area (Å²) in [4.78, 5) is 19.0. The maximum Gasteiger partial charge on any atom is 0.269 e. The largest absolute Gasteiger partial charge is 0.386 e. The van der Waals surface area contributed by atoms with Gasteiger partial charge in [-0.25, -0.2) is 4.98 Å². The molecule has 26 heavy (non-hydrogen) atoms. The predicted octanol–water partition coefficient (Wildman–Crippen LogP) is 1.79. The topological polar surface area (TPSA) is 83.3 Å². The number of hydrogen-bond acceptors (Lipinski definition) is 5. The number of aromatic nitrogens is 3. The number of nitrogens with zero attached hydrogens (tertiary/aromatic N) is 4. The molecular formula is C19H27N5O2. The summed E-state index contributed by atoms with van der Waals surface area (Å²) in [6.45, 7) is 8.08. The van der Waals surface area contributed by atoms with E-state index in [0.29, 0.717) is 31.7 Å². The van der Waals surface area contributed by atoms with Crippen molar-refractivity contribution in [2.45, 2.75) is 45.3 Å². The number of nitrogens with one attached hydrogen (secondary N) is 1. The lowest BCUT2D eigenvalue weighted by Crippen LogP contribution is -2.45. The third kappa shape index (κ3) is 3.88. The molecule has 0 unspecified atom stereocenters. The molecule has 1 aliphatic heterocycles. The number of amides is 1. The van der Waals surface area contributed by atoms with Gasteiger partial charge in [-0.3, -0.25) is 9.48 Å².